The maximum Gasteiger partial charge on any atom is 0.174 e. The summed E-state index contributed by atoms with van der Waals surface area (Å²) in [6.45, 7) is 1.99. The lowest BCUT2D eigenvalue weighted by Gasteiger charge is -2.09. The molecule has 0 amide bonds. The molecule has 124 valence electrons. The highest BCUT2D eigenvalue weighted by molar-refractivity contribution is 6.00. The number of hydrogen-bond acceptors (Lipinski definition) is 4. The number of aryl methyl sites for hydroxylation is 2. The van der Waals surface area contributed by atoms with Gasteiger partial charge in [-0.3, -0.25) is 4.79 Å². The number of benzene rings is 2. The molecule has 0 saturated carbocycles. The topological polar surface area (TPSA) is 75.4 Å². The Balaban J connectivity index is 1.94. The van der Waals surface area contributed by atoms with Gasteiger partial charge in [0.15, 0.2) is 5.78 Å². The number of phenols is 2. The molecule has 3 aromatic rings. The number of fused-ring (bicyclic) bond motifs is 1. The second kappa shape index (κ2) is 6.35. The second-order valence-corrected chi connectivity index (χ2v) is 5.92. The van der Waals surface area contributed by atoms with E-state index in [2.05, 4.69) is 4.98 Å². The lowest BCUT2D eigenvalue weighted by molar-refractivity contribution is 0.0987. The molecule has 5 nitrogen and oxygen atoms in total. The maximum absolute atomic E-state index is 12.6. The van der Waals surface area contributed by atoms with Gasteiger partial charge in [0.05, 0.1) is 23.0 Å². The van der Waals surface area contributed by atoms with Crippen molar-refractivity contribution in [3.05, 3.63) is 53.3 Å². The van der Waals surface area contributed by atoms with Crippen LogP contribution < -0.4 is 0 Å². The van der Waals surface area contributed by atoms with E-state index < -0.39 is 0 Å². The Morgan fingerprint density at radius 3 is 2.62 bits per heavy atom. The molecule has 0 aliphatic rings. The minimum atomic E-state index is -0.219. The van der Waals surface area contributed by atoms with Crippen molar-refractivity contribution < 1.29 is 15.0 Å². The largest absolute Gasteiger partial charge is 0.508 e. The summed E-state index contributed by atoms with van der Waals surface area (Å²) in [7, 11) is 1.87. The zero-order chi connectivity index (χ0) is 17.3. The fourth-order valence-electron chi connectivity index (χ4n) is 2.91. The molecule has 1 heterocycles. The molecule has 0 unspecified atom stereocenters. The van der Waals surface area contributed by atoms with Crippen molar-refractivity contribution in [2.45, 2.75) is 26.2 Å². The first-order valence-electron chi connectivity index (χ1n) is 7.99. The van der Waals surface area contributed by atoms with Crippen LogP contribution in [0.15, 0.2) is 36.4 Å². The molecule has 2 N–H and O–H groups in total. The van der Waals surface area contributed by atoms with Crippen molar-refractivity contribution >= 4 is 16.8 Å². The Hall–Kier alpha value is -2.82. The third kappa shape index (κ3) is 2.85. The lowest BCUT2D eigenvalue weighted by Crippen LogP contribution is -2.09. The summed E-state index contributed by atoms with van der Waals surface area (Å²) >= 11 is 0. The van der Waals surface area contributed by atoms with Crippen LogP contribution in [0.1, 0.15) is 35.1 Å². The second-order valence-electron chi connectivity index (χ2n) is 5.92. The summed E-state index contributed by atoms with van der Waals surface area (Å²) in [6, 6.07) is 10.5. The van der Waals surface area contributed by atoms with Crippen LogP contribution in [0.2, 0.25) is 0 Å². The van der Waals surface area contributed by atoms with E-state index in [9.17, 15) is 15.0 Å². The zero-order valence-corrected chi connectivity index (χ0v) is 13.8. The van der Waals surface area contributed by atoms with Gasteiger partial charge in [-0.1, -0.05) is 25.5 Å². The van der Waals surface area contributed by atoms with E-state index in [1.54, 1.807) is 6.07 Å². The molecule has 0 radical (unpaired) electrons. The number of carbonyl (C=O) groups excluding carboxylic acids is 1. The third-order valence-corrected chi connectivity index (χ3v) is 4.22. The number of phenolic OH excluding ortho intramolecular Hbond substituents is 2. The number of nitrogens with zero attached hydrogens (tertiary/aromatic N) is 2. The molecular formula is C19H20N2O3. The number of para-hydroxylation sites is 2. The number of Topliss-reactive ketones (excluding diaryl/α,β-unsaturated/α-hetero) is 1. The van der Waals surface area contributed by atoms with E-state index in [1.807, 2.05) is 42.8 Å². The maximum atomic E-state index is 12.6. The third-order valence-electron chi connectivity index (χ3n) is 4.22. The van der Waals surface area contributed by atoms with Gasteiger partial charge in [-0.15, -0.1) is 0 Å². The predicted molar refractivity (Wildman–Crippen MR) is 92.5 cm³/mol. The first kappa shape index (κ1) is 16.1. The van der Waals surface area contributed by atoms with Gasteiger partial charge in [0.1, 0.15) is 17.3 Å². The Morgan fingerprint density at radius 2 is 1.92 bits per heavy atom. The van der Waals surface area contributed by atoms with Crippen LogP contribution in [0.5, 0.6) is 11.5 Å². The summed E-state index contributed by atoms with van der Waals surface area (Å²) in [6.07, 6.45) is 1.59. The van der Waals surface area contributed by atoms with Crippen molar-refractivity contribution in [2.75, 3.05) is 0 Å². The quantitative estimate of drug-likeness (QED) is 0.706. The Bertz CT molecular complexity index is 912. The number of rotatable bonds is 5. The fourth-order valence-corrected chi connectivity index (χ4v) is 2.91. The van der Waals surface area contributed by atoms with Crippen LogP contribution in [0.3, 0.4) is 0 Å². The van der Waals surface area contributed by atoms with Crippen molar-refractivity contribution in [3.8, 4) is 11.5 Å². The van der Waals surface area contributed by atoms with Gasteiger partial charge in [-0.05, 0) is 30.2 Å². The first-order valence-corrected chi connectivity index (χ1v) is 7.99. The first-order chi connectivity index (χ1) is 11.5. The summed E-state index contributed by atoms with van der Waals surface area (Å²) in [5.41, 5.74) is 2.69. The highest BCUT2D eigenvalue weighted by atomic mass is 16.3. The smallest absolute Gasteiger partial charge is 0.174 e. The molecule has 0 spiro atoms. The van der Waals surface area contributed by atoms with Crippen molar-refractivity contribution in [3.63, 3.8) is 0 Å². The van der Waals surface area contributed by atoms with Gasteiger partial charge in [0.25, 0.3) is 0 Å². The zero-order valence-electron chi connectivity index (χ0n) is 13.8. The standard InChI is InChI=1S/C19H20N2O3/c1-3-6-12-9-13(17(23)10-16(12)22)18(24)11-19-20-14-7-4-5-8-15(14)21(19)2/h4-5,7-10,22-23H,3,6,11H2,1-2H3. The van der Waals surface area contributed by atoms with Gasteiger partial charge >= 0.3 is 0 Å². The van der Waals surface area contributed by atoms with Crippen LogP contribution in [0.4, 0.5) is 0 Å². The average Bonchev–Trinajstić information content (AvgIpc) is 2.86. The highest BCUT2D eigenvalue weighted by Crippen LogP contribution is 2.29. The minimum absolute atomic E-state index is 0.0219. The SMILES string of the molecule is CCCc1cc(C(=O)Cc2nc3ccccc3n2C)c(O)cc1O. The number of carbonyl (C=O) groups is 1. The molecule has 0 fully saturated rings. The molecule has 0 aliphatic carbocycles. The number of hydrogen-bond donors (Lipinski definition) is 2. The fraction of sp³-hybridized carbons (Fsp3) is 0.263. The van der Waals surface area contributed by atoms with Gasteiger partial charge in [0, 0.05) is 13.1 Å². The number of aromatic nitrogens is 2. The monoisotopic (exact) mass is 324 g/mol. The minimum Gasteiger partial charge on any atom is -0.508 e. The molecule has 0 aliphatic heterocycles. The van der Waals surface area contributed by atoms with Gasteiger partial charge < -0.3 is 14.8 Å². The summed E-state index contributed by atoms with van der Waals surface area (Å²) in [5, 5.41) is 19.9. The lowest BCUT2D eigenvalue weighted by atomic mass is 10.0. The Kier molecular flexibility index (Phi) is 4.25. The summed E-state index contributed by atoms with van der Waals surface area (Å²) in [4.78, 5) is 17.1. The van der Waals surface area contributed by atoms with E-state index in [0.717, 1.165) is 17.5 Å². The van der Waals surface area contributed by atoms with E-state index in [0.29, 0.717) is 17.8 Å². The normalized spacial score (nSPS) is 11.1. The van der Waals surface area contributed by atoms with Crippen LogP contribution >= 0.6 is 0 Å². The Labute approximate surface area is 140 Å². The van der Waals surface area contributed by atoms with Gasteiger partial charge in [0.2, 0.25) is 0 Å². The number of aromatic hydroxyl groups is 2. The molecule has 2 aromatic carbocycles. The molecule has 0 bridgehead atoms. The van der Waals surface area contributed by atoms with E-state index >= 15 is 0 Å². The summed E-state index contributed by atoms with van der Waals surface area (Å²) in [5.74, 6) is 0.249. The molecular weight excluding hydrogens is 304 g/mol. The van der Waals surface area contributed by atoms with Crippen LogP contribution in [-0.2, 0) is 19.9 Å². The molecule has 24 heavy (non-hydrogen) atoms. The molecule has 3 rings (SSSR count). The predicted octanol–water partition coefficient (Wildman–Crippen LogP) is 3.36. The molecule has 0 atom stereocenters. The molecule has 0 saturated heterocycles. The van der Waals surface area contributed by atoms with Crippen LogP contribution in [0.25, 0.3) is 11.0 Å². The highest BCUT2D eigenvalue weighted by Gasteiger charge is 2.18. The van der Waals surface area contributed by atoms with E-state index in [4.69, 9.17) is 0 Å². The van der Waals surface area contributed by atoms with Crippen LogP contribution in [-0.4, -0.2) is 25.5 Å². The molecule has 1 aromatic heterocycles. The van der Waals surface area contributed by atoms with Crippen molar-refractivity contribution in [1.82, 2.24) is 9.55 Å². The van der Waals surface area contributed by atoms with Crippen LogP contribution in [0, 0.1) is 0 Å². The average molecular weight is 324 g/mol. The van der Waals surface area contributed by atoms with E-state index in [1.165, 1.54) is 6.07 Å². The number of ketones is 1. The summed E-state index contributed by atoms with van der Waals surface area (Å²) < 4.78 is 1.89. The molecule has 5 heteroatoms. The van der Waals surface area contributed by atoms with Gasteiger partial charge in [-0.25, -0.2) is 4.98 Å². The van der Waals surface area contributed by atoms with Crippen molar-refractivity contribution in [2.24, 2.45) is 7.05 Å². The van der Waals surface area contributed by atoms with Gasteiger partial charge in [-0.2, -0.15) is 0 Å². The Morgan fingerprint density at radius 1 is 1.17 bits per heavy atom. The van der Waals surface area contributed by atoms with Crippen molar-refractivity contribution in [1.29, 1.82) is 0 Å². The van der Waals surface area contributed by atoms with E-state index in [-0.39, 0.29) is 29.3 Å². The number of imidazole rings is 1.